The Balaban J connectivity index is 1.43. The van der Waals surface area contributed by atoms with Gasteiger partial charge in [0, 0.05) is 36.4 Å². The predicted octanol–water partition coefficient (Wildman–Crippen LogP) is 5.81. The van der Waals surface area contributed by atoms with Gasteiger partial charge in [0.2, 0.25) is 5.91 Å². The fourth-order valence-corrected chi connectivity index (χ4v) is 6.16. The van der Waals surface area contributed by atoms with Crippen LogP contribution in [0.3, 0.4) is 0 Å². The highest BCUT2D eigenvalue weighted by molar-refractivity contribution is 7.09. The van der Waals surface area contributed by atoms with Gasteiger partial charge in [0.15, 0.2) is 0 Å². The Morgan fingerprint density at radius 2 is 1.33 bits per heavy atom. The number of ether oxygens (including phenoxy) is 1. The van der Waals surface area contributed by atoms with Crippen LogP contribution < -0.4 is 16.0 Å². The van der Waals surface area contributed by atoms with Crippen LogP contribution in [-0.2, 0) is 35.5 Å². The topological polar surface area (TPSA) is 126 Å². The molecule has 0 radical (unpaired) electrons. The van der Waals surface area contributed by atoms with Crippen molar-refractivity contribution >= 4 is 40.7 Å². The maximum atomic E-state index is 13.7. The van der Waals surface area contributed by atoms with E-state index >= 15 is 0 Å². The van der Waals surface area contributed by atoms with Gasteiger partial charge in [-0.1, -0.05) is 74.5 Å². The number of hydrogen-bond acceptors (Lipinski definition) is 8. The molecule has 1 unspecified atom stereocenters. The lowest BCUT2D eigenvalue weighted by Crippen LogP contribution is -2.54. The molecule has 2 aromatic heterocycles. The molecule has 0 saturated carbocycles. The highest BCUT2D eigenvalue weighted by atomic mass is 32.1. The van der Waals surface area contributed by atoms with Gasteiger partial charge >= 0.3 is 12.1 Å². The van der Waals surface area contributed by atoms with Crippen LogP contribution in [0.25, 0.3) is 0 Å². The molecule has 4 amide bonds. The van der Waals surface area contributed by atoms with Crippen molar-refractivity contribution in [2.45, 2.75) is 70.8 Å². The first kappa shape index (κ1) is 34.6. The summed E-state index contributed by atoms with van der Waals surface area (Å²) in [5.74, 6) is -0.383. The van der Waals surface area contributed by atoms with Crippen LogP contribution in [0.2, 0.25) is 0 Å². The quantitative estimate of drug-likeness (QED) is 0.139. The summed E-state index contributed by atoms with van der Waals surface area (Å²) in [4.78, 5) is 51.1. The van der Waals surface area contributed by atoms with E-state index in [1.807, 2.05) is 74.5 Å². The summed E-state index contributed by atoms with van der Waals surface area (Å²) in [5.41, 5.74) is 5.60. The molecule has 0 aliphatic carbocycles. The summed E-state index contributed by atoms with van der Waals surface area (Å²) >= 11 is 2.90. The van der Waals surface area contributed by atoms with Gasteiger partial charge < -0.3 is 25.6 Å². The molecular weight excluding hydrogens is 621 g/mol. The minimum atomic E-state index is -0.727. The molecule has 10 nitrogen and oxygen atoms in total. The number of thiazole rings is 2. The molecule has 244 valence electrons. The van der Waals surface area contributed by atoms with E-state index in [0.29, 0.717) is 32.2 Å². The molecule has 0 aliphatic rings. The fraction of sp³-hybridized carbons (Fsp3) is 0.382. The second kappa shape index (κ2) is 18.0. The molecule has 0 saturated heterocycles. The van der Waals surface area contributed by atoms with E-state index in [1.165, 1.54) is 22.7 Å². The Hall–Kier alpha value is -4.29. The van der Waals surface area contributed by atoms with Gasteiger partial charge in [-0.2, -0.15) is 0 Å². The number of hydrogen-bond donors (Lipinski definition) is 3. The van der Waals surface area contributed by atoms with Gasteiger partial charge in [0.05, 0.1) is 22.4 Å². The number of urea groups is 1. The molecule has 12 heteroatoms. The van der Waals surface area contributed by atoms with Crippen LogP contribution in [0, 0.1) is 5.92 Å². The molecule has 3 atom stereocenters. The number of carbonyl (C=O) groups is 3. The number of aromatic nitrogens is 2. The lowest BCUT2D eigenvalue weighted by molar-refractivity contribution is -0.124. The van der Waals surface area contributed by atoms with Crippen LogP contribution in [0.1, 0.15) is 47.6 Å². The minimum Gasteiger partial charge on any atom is -0.444 e. The molecule has 0 bridgehead atoms. The van der Waals surface area contributed by atoms with Gasteiger partial charge in [0.1, 0.15) is 12.6 Å². The first-order valence-corrected chi connectivity index (χ1v) is 17.1. The lowest BCUT2D eigenvalue weighted by atomic mass is 9.95. The van der Waals surface area contributed by atoms with Crippen molar-refractivity contribution in [3.63, 3.8) is 0 Å². The summed E-state index contributed by atoms with van der Waals surface area (Å²) in [6.07, 6.45) is 5.32. The third kappa shape index (κ3) is 11.6. The number of nitrogens with zero attached hydrogens (tertiary/aromatic N) is 3. The lowest BCUT2D eigenvalue weighted by Gasteiger charge is -2.28. The van der Waals surface area contributed by atoms with Gasteiger partial charge in [0.25, 0.3) is 0 Å². The van der Waals surface area contributed by atoms with Gasteiger partial charge in [-0.05, 0) is 42.7 Å². The zero-order chi connectivity index (χ0) is 32.7. The van der Waals surface area contributed by atoms with Crippen molar-refractivity contribution in [2.24, 2.45) is 5.92 Å². The van der Waals surface area contributed by atoms with Gasteiger partial charge in [-0.25, -0.2) is 9.59 Å². The molecule has 4 aromatic rings. The number of rotatable bonds is 16. The minimum absolute atomic E-state index is 0.140. The molecule has 0 spiro atoms. The molecule has 2 aromatic carbocycles. The summed E-state index contributed by atoms with van der Waals surface area (Å²) in [6.45, 7) is 4.39. The second-order valence-corrected chi connectivity index (χ2v) is 13.5. The van der Waals surface area contributed by atoms with E-state index in [-0.39, 0.29) is 36.5 Å². The van der Waals surface area contributed by atoms with E-state index in [9.17, 15) is 14.4 Å². The average Bonchev–Trinajstić information content (AvgIpc) is 3.77. The highest BCUT2D eigenvalue weighted by Gasteiger charge is 2.28. The predicted molar refractivity (Wildman–Crippen MR) is 181 cm³/mol. The number of alkyl carbamates (subject to hydrolysis) is 1. The van der Waals surface area contributed by atoms with Crippen molar-refractivity contribution < 1.29 is 19.1 Å². The Morgan fingerprint density at radius 1 is 0.783 bits per heavy atom. The van der Waals surface area contributed by atoms with Crippen molar-refractivity contribution in [1.82, 2.24) is 30.8 Å². The van der Waals surface area contributed by atoms with Gasteiger partial charge in [-0.15, -0.1) is 22.7 Å². The van der Waals surface area contributed by atoms with Crippen LogP contribution in [0.5, 0.6) is 0 Å². The van der Waals surface area contributed by atoms with Crippen LogP contribution in [0.15, 0.2) is 84.1 Å². The van der Waals surface area contributed by atoms with E-state index < -0.39 is 12.1 Å². The van der Waals surface area contributed by atoms with Crippen molar-refractivity contribution in [2.75, 3.05) is 7.05 Å². The van der Waals surface area contributed by atoms with Gasteiger partial charge in [-0.3, -0.25) is 14.8 Å². The molecule has 0 fully saturated rings. The van der Waals surface area contributed by atoms with Crippen molar-refractivity contribution in [3.05, 3.63) is 105 Å². The average molecular weight is 663 g/mol. The van der Waals surface area contributed by atoms with E-state index in [2.05, 4.69) is 25.9 Å². The Bertz CT molecular complexity index is 1470. The summed E-state index contributed by atoms with van der Waals surface area (Å²) in [7, 11) is 1.70. The molecular formula is C34H42N6O4S2. The monoisotopic (exact) mass is 662 g/mol. The first-order valence-electron chi connectivity index (χ1n) is 15.3. The number of amides is 4. The van der Waals surface area contributed by atoms with Crippen LogP contribution in [0.4, 0.5) is 9.59 Å². The summed E-state index contributed by atoms with van der Waals surface area (Å²) < 4.78 is 5.47. The Labute approximate surface area is 278 Å². The first-order chi connectivity index (χ1) is 22.3. The van der Waals surface area contributed by atoms with E-state index in [4.69, 9.17) is 4.74 Å². The SMILES string of the molecule is CC(C)C(NC(=O)N(C)Cc1cncs1)C(=O)N[C@@H](CC[C@@H](Cc1ccccc1)NC(=O)OCc1cncs1)Cc1ccccc1. The Kier molecular flexibility index (Phi) is 13.5. The maximum Gasteiger partial charge on any atom is 0.407 e. The standard InChI is InChI=1S/C34H42N6O4S2/c1-24(2)31(39-33(42)40(3)20-29-18-35-22-45-29)32(41)37-27(16-25-10-6-4-7-11-25)14-15-28(17-26-12-8-5-9-13-26)38-34(43)44-21-30-19-36-23-46-30/h4-13,18-19,22-24,27-28,31H,14-17,20-21H2,1-3H3,(H,37,41)(H,38,43)(H,39,42)/t27-,28-,31?/m0/s1. The number of nitrogens with one attached hydrogen (secondary N) is 3. The molecule has 2 heterocycles. The number of benzene rings is 2. The molecule has 46 heavy (non-hydrogen) atoms. The zero-order valence-corrected chi connectivity index (χ0v) is 28.1. The van der Waals surface area contributed by atoms with Crippen molar-refractivity contribution in [1.29, 1.82) is 0 Å². The third-order valence-electron chi connectivity index (χ3n) is 7.46. The van der Waals surface area contributed by atoms with Crippen LogP contribution >= 0.6 is 22.7 Å². The highest BCUT2D eigenvalue weighted by Crippen LogP contribution is 2.16. The normalized spacial score (nSPS) is 13.0. The molecule has 0 aliphatic heterocycles. The van der Waals surface area contributed by atoms with E-state index in [0.717, 1.165) is 20.9 Å². The van der Waals surface area contributed by atoms with Crippen molar-refractivity contribution in [3.8, 4) is 0 Å². The van der Waals surface area contributed by atoms with E-state index in [1.54, 1.807) is 35.4 Å². The smallest absolute Gasteiger partial charge is 0.407 e. The summed E-state index contributed by atoms with van der Waals surface area (Å²) in [5, 5.41) is 9.19. The third-order valence-corrected chi connectivity index (χ3v) is 8.98. The largest absolute Gasteiger partial charge is 0.444 e. The van der Waals surface area contributed by atoms with Crippen LogP contribution in [-0.4, -0.2) is 58.1 Å². The Morgan fingerprint density at radius 3 is 1.85 bits per heavy atom. The maximum absolute atomic E-state index is 13.7. The summed E-state index contributed by atoms with van der Waals surface area (Å²) in [6, 6.07) is 18.4. The fourth-order valence-electron chi connectivity index (χ4n) is 5.00. The molecule has 3 N–H and O–H groups in total. The molecule has 4 rings (SSSR count). The number of carbonyl (C=O) groups excluding carboxylic acids is 3. The zero-order valence-electron chi connectivity index (χ0n) is 26.4. The second-order valence-electron chi connectivity index (χ2n) is 11.5.